The van der Waals surface area contributed by atoms with Gasteiger partial charge in [-0.2, -0.15) is 0 Å². The van der Waals surface area contributed by atoms with Crippen LogP contribution in [0.1, 0.15) is 58.4 Å². The summed E-state index contributed by atoms with van der Waals surface area (Å²) in [7, 11) is 0. The zero-order chi connectivity index (χ0) is 17.9. The zero-order valence-electron chi connectivity index (χ0n) is 14.7. The summed E-state index contributed by atoms with van der Waals surface area (Å²) in [5.41, 5.74) is 0.725. The smallest absolute Gasteiger partial charge is 0.306 e. The van der Waals surface area contributed by atoms with Crippen molar-refractivity contribution in [1.82, 2.24) is 0 Å². The van der Waals surface area contributed by atoms with Crippen molar-refractivity contribution in [3.05, 3.63) is 35.6 Å². The molecule has 1 aromatic carbocycles. The lowest BCUT2D eigenvalue weighted by Crippen LogP contribution is -2.23. The molecule has 0 amide bonds. The second-order valence-corrected chi connectivity index (χ2v) is 6.20. The molecule has 0 heterocycles. The van der Waals surface area contributed by atoms with Gasteiger partial charge in [0.1, 0.15) is 18.5 Å². The number of benzene rings is 1. The Bertz CT molecular complexity index is 511. The third kappa shape index (κ3) is 8.09. The average molecular weight is 338 g/mol. The van der Waals surface area contributed by atoms with Crippen molar-refractivity contribution in [3.8, 4) is 0 Å². The van der Waals surface area contributed by atoms with E-state index in [4.69, 9.17) is 9.47 Å². The van der Waals surface area contributed by atoms with Gasteiger partial charge in [0, 0.05) is 12.8 Å². The van der Waals surface area contributed by atoms with Crippen LogP contribution < -0.4 is 0 Å². The van der Waals surface area contributed by atoms with Crippen molar-refractivity contribution in [2.75, 3.05) is 0 Å². The van der Waals surface area contributed by atoms with Crippen LogP contribution in [0.4, 0.5) is 4.39 Å². The van der Waals surface area contributed by atoms with Crippen molar-refractivity contribution in [3.63, 3.8) is 0 Å². The third-order valence-corrected chi connectivity index (χ3v) is 3.67. The van der Waals surface area contributed by atoms with Crippen molar-refractivity contribution < 1.29 is 23.5 Å². The Morgan fingerprint density at radius 1 is 1.08 bits per heavy atom. The van der Waals surface area contributed by atoms with Crippen LogP contribution >= 0.6 is 0 Å². The maximum atomic E-state index is 12.8. The Kier molecular flexibility index (Phi) is 9.05. The van der Waals surface area contributed by atoms with Crippen LogP contribution in [0.25, 0.3) is 0 Å². The largest absolute Gasteiger partial charge is 0.462 e. The molecule has 0 bridgehead atoms. The maximum Gasteiger partial charge on any atom is 0.306 e. The molecule has 24 heavy (non-hydrogen) atoms. The second-order valence-electron chi connectivity index (χ2n) is 6.20. The molecule has 0 fully saturated rings. The molecule has 1 atom stereocenters. The van der Waals surface area contributed by atoms with Crippen LogP contribution in [-0.4, -0.2) is 18.0 Å². The first kappa shape index (κ1) is 20.1. The number of halogens is 1. The molecule has 0 N–H and O–H groups in total. The van der Waals surface area contributed by atoms with Gasteiger partial charge in [0.2, 0.25) is 0 Å². The summed E-state index contributed by atoms with van der Waals surface area (Å²) >= 11 is 0. The van der Waals surface area contributed by atoms with Crippen LogP contribution in [0.5, 0.6) is 0 Å². The summed E-state index contributed by atoms with van der Waals surface area (Å²) in [4.78, 5) is 23.5. The number of ether oxygens (including phenoxy) is 2. The monoisotopic (exact) mass is 338 g/mol. The Morgan fingerprint density at radius 2 is 1.71 bits per heavy atom. The normalized spacial score (nSPS) is 12.0. The van der Waals surface area contributed by atoms with Gasteiger partial charge in [0.15, 0.2) is 0 Å². The number of esters is 2. The second kappa shape index (κ2) is 10.8. The van der Waals surface area contributed by atoms with E-state index in [1.807, 2.05) is 13.8 Å². The number of hydrogen-bond donors (Lipinski definition) is 0. The number of hydrogen-bond acceptors (Lipinski definition) is 4. The van der Waals surface area contributed by atoms with Gasteiger partial charge in [-0.05, 0) is 36.5 Å². The van der Waals surface area contributed by atoms with Crippen LogP contribution in [0.3, 0.4) is 0 Å². The molecule has 0 aromatic heterocycles. The molecule has 134 valence electrons. The minimum absolute atomic E-state index is 0.0621. The standard InChI is InChI=1S/C19H27FO4/c1-4-6-17(14(2)3)24-19(22)8-5-7-18(21)23-13-15-9-11-16(20)12-10-15/h9-12,14,17H,4-8,13H2,1-3H3. The fraction of sp³-hybridized carbons (Fsp3) is 0.579. The van der Waals surface area contributed by atoms with E-state index < -0.39 is 0 Å². The molecular weight excluding hydrogens is 311 g/mol. The highest BCUT2D eigenvalue weighted by Crippen LogP contribution is 2.14. The zero-order valence-corrected chi connectivity index (χ0v) is 14.7. The van der Waals surface area contributed by atoms with Gasteiger partial charge >= 0.3 is 11.9 Å². The van der Waals surface area contributed by atoms with E-state index in [1.54, 1.807) is 12.1 Å². The van der Waals surface area contributed by atoms with E-state index in [0.29, 0.717) is 6.42 Å². The maximum absolute atomic E-state index is 12.8. The Morgan fingerprint density at radius 3 is 2.29 bits per heavy atom. The first-order valence-corrected chi connectivity index (χ1v) is 8.52. The van der Waals surface area contributed by atoms with E-state index >= 15 is 0 Å². The van der Waals surface area contributed by atoms with Gasteiger partial charge in [0.05, 0.1) is 0 Å². The van der Waals surface area contributed by atoms with E-state index in [1.165, 1.54) is 12.1 Å². The summed E-state index contributed by atoms with van der Waals surface area (Å²) in [6.07, 6.45) is 2.52. The van der Waals surface area contributed by atoms with Crippen LogP contribution in [0.15, 0.2) is 24.3 Å². The van der Waals surface area contributed by atoms with E-state index in [0.717, 1.165) is 18.4 Å². The van der Waals surface area contributed by atoms with Crippen LogP contribution in [-0.2, 0) is 25.7 Å². The first-order valence-electron chi connectivity index (χ1n) is 8.52. The SMILES string of the molecule is CCCC(OC(=O)CCCC(=O)OCc1ccc(F)cc1)C(C)C. The lowest BCUT2D eigenvalue weighted by Gasteiger charge is -2.20. The Labute approximate surface area is 143 Å². The molecule has 0 spiro atoms. The van der Waals surface area contributed by atoms with E-state index in [-0.39, 0.29) is 49.2 Å². The highest BCUT2D eigenvalue weighted by Gasteiger charge is 2.17. The number of rotatable bonds is 10. The molecular formula is C19H27FO4. The average Bonchev–Trinajstić information content (AvgIpc) is 2.54. The first-order chi connectivity index (χ1) is 11.4. The lowest BCUT2D eigenvalue weighted by molar-refractivity contribution is -0.152. The predicted octanol–water partition coefficient (Wildman–Crippen LogP) is 4.41. The quantitative estimate of drug-likeness (QED) is 0.593. The molecule has 4 nitrogen and oxygen atoms in total. The lowest BCUT2D eigenvalue weighted by atomic mass is 10.0. The molecule has 0 saturated heterocycles. The molecule has 1 unspecified atom stereocenters. The fourth-order valence-electron chi connectivity index (χ4n) is 2.23. The van der Waals surface area contributed by atoms with Crippen LogP contribution in [0, 0.1) is 11.7 Å². The Balaban J connectivity index is 2.22. The Hall–Kier alpha value is -1.91. The summed E-state index contributed by atoms with van der Waals surface area (Å²) < 4.78 is 23.3. The molecule has 0 aliphatic heterocycles. The molecule has 0 radical (unpaired) electrons. The van der Waals surface area contributed by atoms with E-state index in [2.05, 4.69) is 6.92 Å². The van der Waals surface area contributed by atoms with Crippen LogP contribution in [0.2, 0.25) is 0 Å². The highest BCUT2D eigenvalue weighted by molar-refractivity contribution is 5.72. The van der Waals surface area contributed by atoms with Gasteiger partial charge < -0.3 is 9.47 Å². The van der Waals surface area contributed by atoms with Gasteiger partial charge in [0.25, 0.3) is 0 Å². The molecule has 0 aliphatic carbocycles. The molecule has 1 aromatic rings. The van der Waals surface area contributed by atoms with Gasteiger partial charge in [-0.25, -0.2) is 4.39 Å². The number of carbonyl (C=O) groups is 2. The summed E-state index contributed by atoms with van der Waals surface area (Å²) in [6.45, 7) is 6.22. The minimum atomic E-state index is -0.374. The third-order valence-electron chi connectivity index (χ3n) is 3.67. The van der Waals surface area contributed by atoms with Crippen molar-refractivity contribution in [2.24, 2.45) is 5.92 Å². The highest BCUT2D eigenvalue weighted by atomic mass is 19.1. The summed E-state index contributed by atoms with van der Waals surface area (Å²) in [6, 6.07) is 5.78. The molecule has 5 heteroatoms. The van der Waals surface area contributed by atoms with Crippen molar-refractivity contribution in [1.29, 1.82) is 0 Å². The van der Waals surface area contributed by atoms with Gasteiger partial charge in [-0.1, -0.05) is 39.3 Å². The number of carbonyl (C=O) groups excluding carboxylic acids is 2. The van der Waals surface area contributed by atoms with Gasteiger partial charge in [-0.15, -0.1) is 0 Å². The van der Waals surface area contributed by atoms with Crippen molar-refractivity contribution >= 4 is 11.9 Å². The molecule has 0 saturated carbocycles. The van der Waals surface area contributed by atoms with E-state index in [9.17, 15) is 14.0 Å². The topological polar surface area (TPSA) is 52.6 Å². The molecule has 1 rings (SSSR count). The fourth-order valence-corrected chi connectivity index (χ4v) is 2.23. The predicted molar refractivity (Wildman–Crippen MR) is 89.7 cm³/mol. The summed E-state index contributed by atoms with van der Waals surface area (Å²) in [5, 5.41) is 0. The molecule has 0 aliphatic rings. The van der Waals surface area contributed by atoms with Gasteiger partial charge in [-0.3, -0.25) is 9.59 Å². The van der Waals surface area contributed by atoms with Crippen molar-refractivity contribution in [2.45, 2.75) is 65.6 Å². The summed E-state index contributed by atoms with van der Waals surface area (Å²) in [5.74, 6) is -0.685. The minimum Gasteiger partial charge on any atom is -0.462 e.